The maximum absolute atomic E-state index is 13.5. The molecule has 0 bridgehead atoms. The van der Waals surface area contributed by atoms with Crippen molar-refractivity contribution in [2.45, 2.75) is 6.92 Å². The van der Waals surface area contributed by atoms with E-state index in [1.54, 1.807) is 5.38 Å². The lowest BCUT2D eigenvalue weighted by Gasteiger charge is -2.36. The lowest BCUT2D eigenvalue weighted by atomic mass is 10.2. The van der Waals surface area contributed by atoms with Crippen molar-refractivity contribution in [2.75, 3.05) is 49.5 Å². The molecule has 2 aromatic carbocycles. The molecular formula is C23H24F2N4O2S. The Morgan fingerprint density at radius 3 is 2.66 bits per heavy atom. The molecule has 0 aliphatic carbocycles. The van der Waals surface area contributed by atoms with Gasteiger partial charge in [-0.05, 0) is 37.3 Å². The number of thiazole rings is 1. The average molecular weight is 459 g/mol. The van der Waals surface area contributed by atoms with E-state index in [-0.39, 0.29) is 12.5 Å². The van der Waals surface area contributed by atoms with Gasteiger partial charge >= 0.3 is 0 Å². The first-order valence-electron chi connectivity index (χ1n) is 10.4. The first-order valence-corrected chi connectivity index (χ1v) is 11.3. The van der Waals surface area contributed by atoms with Gasteiger partial charge in [-0.25, -0.2) is 13.8 Å². The van der Waals surface area contributed by atoms with Gasteiger partial charge in [-0.3, -0.25) is 9.69 Å². The Balaban J connectivity index is 1.30. The molecule has 1 aliphatic heterocycles. The SMILES string of the molecule is CCOc1ccccc1N1CCN(CC(=O)Nc2nc(-c3ccc(F)c(F)c3)cs2)CC1. The Labute approximate surface area is 189 Å². The van der Waals surface area contributed by atoms with Crippen LogP contribution in [0.25, 0.3) is 11.3 Å². The number of nitrogens with zero attached hydrogens (tertiary/aromatic N) is 3. The van der Waals surface area contributed by atoms with Gasteiger partial charge in [-0.2, -0.15) is 0 Å². The standard InChI is InChI=1S/C23H24F2N4O2S/c1-2-31-21-6-4-3-5-20(21)29-11-9-28(10-12-29)14-22(30)27-23-26-19(15-32-23)16-7-8-17(24)18(25)13-16/h3-8,13,15H,2,9-12,14H2,1H3,(H,26,27,30). The molecule has 2 heterocycles. The molecule has 0 saturated carbocycles. The average Bonchev–Trinajstić information content (AvgIpc) is 3.25. The van der Waals surface area contributed by atoms with Gasteiger partial charge in [-0.15, -0.1) is 11.3 Å². The minimum atomic E-state index is -0.927. The molecule has 0 unspecified atom stereocenters. The highest BCUT2D eigenvalue weighted by atomic mass is 32.1. The molecule has 168 valence electrons. The molecule has 1 aromatic heterocycles. The summed E-state index contributed by atoms with van der Waals surface area (Å²) in [4.78, 5) is 21.2. The quantitative estimate of drug-likeness (QED) is 0.574. The number of carbonyl (C=O) groups excluding carboxylic acids is 1. The molecule has 1 saturated heterocycles. The summed E-state index contributed by atoms with van der Waals surface area (Å²) in [6.45, 7) is 5.96. The summed E-state index contributed by atoms with van der Waals surface area (Å²) in [5.74, 6) is -1.11. The van der Waals surface area contributed by atoms with Crippen molar-refractivity contribution in [1.29, 1.82) is 0 Å². The molecule has 0 radical (unpaired) electrons. The molecule has 1 N–H and O–H groups in total. The second-order valence-corrected chi connectivity index (χ2v) is 8.24. The Kier molecular flexibility index (Phi) is 6.96. The number of amides is 1. The maximum Gasteiger partial charge on any atom is 0.240 e. The lowest BCUT2D eigenvalue weighted by Crippen LogP contribution is -2.48. The molecule has 1 fully saturated rings. The fraction of sp³-hybridized carbons (Fsp3) is 0.304. The third-order valence-electron chi connectivity index (χ3n) is 5.21. The van der Waals surface area contributed by atoms with Crippen LogP contribution in [0.5, 0.6) is 5.75 Å². The van der Waals surface area contributed by atoms with Crippen LogP contribution >= 0.6 is 11.3 Å². The van der Waals surface area contributed by atoms with Crippen LogP contribution in [0.3, 0.4) is 0 Å². The number of ether oxygens (including phenoxy) is 1. The van der Waals surface area contributed by atoms with Gasteiger partial charge < -0.3 is 15.0 Å². The zero-order chi connectivity index (χ0) is 22.5. The second kappa shape index (κ2) is 10.1. The van der Waals surface area contributed by atoms with Crippen molar-refractivity contribution in [3.63, 3.8) is 0 Å². The Morgan fingerprint density at radius 2 is 1.91 bits per heavy atom. The predicted molar refractivity (Wildman–Crippen MR) is 122 cm³/mol. The van der Waals surface area contributed by atoms with E-state index in [2.05, 4.69) is 26.2 Å². The summed E-state index contributed by atoms with van der Waals surface area (Å²) >= 11 is 1.25. The van der Waals surface area contributed by atoms with Crippen LogP contribution in [0.1, 0.15) is 6.92 Å². The zero-order valence-electron chi connectivity index (χ0n) is 17.7. The maximum atomic E-state index is 13.5. The summed E-state index contributed by atoms with van der Waals surface area (Å²) < 4.78 is 32.3. The number of aromatic nitrogens is 1. The van der Waals surface area contributed by atoms with Crippen LogP contribution in [-0.2, 0) is 4.79 Å². The van der Waals surface area contributed by atoms with Crippen molar-refractivity contribution in [3.8, 4) is 17.0 Å². The molecular weight excluding hydrogens is 434 g/mol. The molecule has 9 heteroatoms. The van der Waals surface area contributed by atoms with E-state index in [0.717, 1.165) is 49.7 Å². The summed E-state index contributed by atoms with van der Waals surface area (Å²) in [6.07, 6.45) is 0. The molecule has 0 spiro atoms. The predicted octanol–water partition coefficient (Wildman–Crippen LogP) is 4.25. The number of anilines is 2. The summed E-state index contributed by atoms with van der Waals surface area (Å²) in [6, 6.07) is 11.6. The Bertz CT molecular complexity index is 1080. The largest absolute Gasteiger partial charge is 0.492 e. The van der Waals surface area contributed by atoms with E-state index < -0.39 is 11.6 Å². The van der Waals surface area contributed by atoms with E-state index in [1.165, 1.54) is 17.4 Å². The smallest absolute Gasteiger partial charge is 0.240 e. The van der Waals surface area contributed by atoms with Crippen LogP contribution < -0.4 is 15.0 Å². The highest BCUT2D eigenvalue weighted by Crippen LogP contribution is 2.29. The summed E-state index contributed by atoms with van der Waals surface area (Å²) in [7, 11) is 0. The van der Waals surface area contributed by atoms with E-state index in [4.69, 9.17) is 4.74 Å². The van der Waals surface area contributed by atoms with E-state index in [0.29, 0.717) is 23.0 Å². The Morgan fingerprint density at radius 1 is 1.12 bits per heavy atom. The number of halogens is 2. The van der Waals surface area contributed by atoms with Gasteiger partial charge in [0.2, 0.25) is 5.91 Å². The van der Waals surface area contributed by atoms with E-state index in [1.807, 2.05) is 25.1 Å². The minimum Gasteiger partial charge on any atom is -0.492 e. The number of rotatable bonds is 7. The summed E-state index contributed by atoms with van der Waals surface area (Å²) in [5.41, 5.74) is 2.03. The fourth-order valence-electron chi connectivity index (χ4n) is 3.62. The number of hydrogen-bond acceptors (Lipinski definition) is 6. The third-order valence-corrected chi connectivity index (χ3v) is 5.97. The van der Waals surface area contributed by atoms with Gasteiger partial charge in [-0.1, -0.05) is 12.1 Å². The molecule has 1 amide bonds. The number of nitrogens with one attached hydrogen (secondary N) is 1. The monoisotopic (exact) mass is 458 g/mol. The van der Waals surface area contributed by atoms with Crippen molar-refractivity contribution >= 4 is 28.1 Å². The highest BCUT2D eigenvalue weighted by molar-refractivity contribution is 7.14. The molecule has 1 aliphatic rings. The number of para-hydroxylation sites is 2. The van der Waals surface area contributed by atoms with Gasteiger partial charge in [0.25, 0.3) is 0 Å². The molecule has 6 nitrogen and oxygen atoms in total. The highest BCUT2D eigenvalue weighted by Gasteiger charge is 2.21. The van der Waals surface area contributed by atoms with Crippen LogP contribution in [0.4, 0.5) is 19.6 Å². The van der Waals surface area contributed by atoms with Gasteiger partial charge in [0, 0.05) is 37.1 Å². The first-order chi connectivity index (χ1) is 15.5. The van der Waals surface area contributed by atoms with E-state index >= 15 is 0 Å². The van der Waals surface area contributed by atoms with E-state index in [9.17, 15) is 13.6 Å². The molecule has 4 rings (SSSR count). The minimum absolute atomic E-state index is 0.153. The van der Waals surface area contributed by atoms with Crippen molar-refractivity contribution in [1.82, 2.24) is 9.88 Å². The Hall–Kier alpha value is -3.04. The topological polar surface area (TPSA) is 57.7 Å². The van der Waals surface area contributed by atoms with Gasteiger partial charge in [0.1, 0.15) is 5.75 Å². The van der Waals surface area contributed by atoms with Crippen LogP contribution in [0.15, 0.2) is 47.8 Å². The van der Waals surface area contributed by atoms with Crippen LogP contribution in [0, 0.1) is 11.6 Å². The number of carbonyl (C=O) groups is 1. The van der Waals surface area contributed by atoms with Crippen molar-refractivity contribution in [3.05, 3.63) is 59.5 Å². The number of benzene rings is 2. The lowest BCUT2D eigenvalue weighted by molar-refractivity contribution is -0.117. The normalized spacial score (nSPS) is 14.4. The van der Waals surface area contributed by atoms with Gasteiger partial charge in [0.05, 0.1) is 24.5 Å². The fourth-order valence-corrected chi connectivity index (χ4v) is 4.36. The van der Waals surface area contributed by atoms with Crippen molar-refractivity contribution in [2.24, 2.45) is 0 Å². The first kappa shape index (κ1) is 22.2. The van der Waals surface area contributed by atoms with Crippen LogP contribution in [-0.4, -0.2) is 55.1 Å². The number of piperazine rings is 1. The third kappa shape index (κ3) is 5.23. The van der Waals surface area contributed by atoms with Crippen LogP contribution in [0.2, 0.25) is 0 Å². The molecule has 3 aromatic rings. The number of hydrogen-bond donors (Lipinski definition) is 1. The zero-order valence-corrected chi connectivity index (χ0v) is 18.5. The summed E-state index contributed by atoms with van der Waals surface area (Å²) in [5, 5.41) is 4.93. The molecule has 32 heavy (non-hydrogen) atoms. The second-order valence-electron chi connectivity index (χ2n) is 7.38. The molecule has 0 atom stereocenters. The van der Waals surface area contributed by atoms with Crippen molar-refractivity contribution < 1.29 is 18.3 Å². The van der Waals surface area contributed by atoms with Gasteiger partial charge in [0.15, 0.2) is 16.8 Å².